The maximum absolute atomic E-state index is 11.9. The third-order valence-corrected chi connectivity index (χ3v) is 3.56. The summed E-state index contributed by atoms with van der Waals surface area (Å²) in [6.07, 6.45) is -0.498. The molecule has 100 valence electrons. The summed E-state index contributed by atoms with van der Waals surface area (Å²) in [5, 5.41) is 4.86. The molecule has 0 aliphatic rings. The topological polar surface area (TPSA) is 38.3 Å². The van der Waals surface area contributed by atoms with Crippen molar-refractivity contribution in [3.63, 3.8) is 0 Å². The lowest BCUT2D eigenvalue weighted by molar-refractivity contribution is -0.127. The Morgan fingerprint density at radius 1 is 1.37 bits per heavy atom. The molecule has 0 aliphatic heterocycles. The smallest absolute Gasteiger partial charge is 0.261 e. The lowest BCUT2D eigenvalue weighted by Gasteiger charge is -2.14. The molecular weight excluding hydrogens is 258 g/mol. The van der Waals surface area contributed by atoms with Crippen LogP contribution in [-0.2, 0) is 11.3 Å². The van der Waals surface area contributed by atoms with Crippen molar-refractivity contribution in [1.29, 1.82) is 0 Å². The predicted molar refractivity (Wildman–Crippen MR) is 77.4 cm³/mol. The van der Waals surface area contributed by atoms with E-state index in [1.165, 1.54) is 0 Å². The SMILES string of the molecule is Cc1cccc(OC(C)C(=O)NCc2cccs2)c1. The second kappa shape index (κ2) is 6.38. The molecule has 2 rings (SSSR count). The molecule has 1 aromatic carbocycles. The Morgan fingerprint density at radius 2 is 2.21 bits per heavy atom. The first-order chi connectivity index (χ1) is 9.15. The Balaban J connectivity index is 1.85. The van der Waals surface area contributed by atoms with Crippen LogP contribution in [0.3, 0.4) is 0 Å². The van der Waals surface area contributed by atoms with Gasteiger partial charge in [-0.25, -0.2) is 0 Å². The zero-order valence-electron chi connectivity index (χ0n) is 11.1. The van der Waals surface area contributed by atoms with Gasteiger partial charge in [0.25, 0.3) is 5.91 Å². The van der Waals surface area contributed by atoms with Crippen LogP contribution in [0.5, 0.6) is 5.75 Å². The van der Waals surface area contributed by atoms with Gasteiger partial charge in [0.05, 0.1) is 6.54 Å². The van der Waals surface area contributed by atoms with Crippen molar-refractivity contribution in [1.82, 2.24) is 5.32 Å². The summed E-state index contributed by atoms with van der Waals surface area (Å²) in [4.78, 5) is 13.0. The van der Waals surface area contributed by atoms with Crippen LogP contribution < -0.4 is 10.1 Å². The number of carbonyl (C=O) groups excluding carboxylic acids is 1. The number of amides is 1. The first-order valence-corrected chi connectivity index (χ1v) is 7.06. The summed E-state index contributed by atoms with van der Waals surface area (Å²) in [6, 6.07) is 11.7. The van der Waals surface area contributed by atoms with Gasteiger partial charge in [-0.2, -0.15) is 0 Å². The first-order valence-electron chi connectivity index (χ1n) is 6.18. The van der Waals surface area contributed by atoms with E-state index in [1.807, 2.05) is 48.7 Å². The van der Waals surface area contributed by atoms with Crippen molar-refractivity contribution >= 4 is 17.2 Å². The third-order valence-electron chi connectivity index (χ3n) is 2.69. The lowest BCUT2D eigenvalue weighted by atomic mass is 10.2. The van der Waals surface area contributed by atoms with E-state index in [9.17, 15) is 4.79 Å². The quantitative estimate of drug-likeness (QED) is 0.910. The normalized spacial score (nSPS) is 11.9. The first kappa shape index (κ1) is 13.6. The van der Waals surface area contributed by atoms with Gasteiger partial charge >= 0.3 is 0 Å². The number of nitrogens with one attached hydrogen (secondary N) is 1. The highest BCUT2D eigenvalue weighted by molar-refractivity contribution is 7.09. The van der Waals surface area contributed by atoms with E-state index in [4.69, 9.17) is 4.74 Å². The minimum Gasteiger partial charge on any atom is -0.481 e. The molecule has 0 saturated carbocycles. The number of thiophene rings is 1. The van der Waals surface area contributed by atoms with Gasteiger partial charge in [0.2, 0.25) is 0 Å². The number of ether oxygens (including phenoxy) is 1. The summed E-state index contributed by atoms with van der Waals surface area (Å²) in [6.45, 7) is 4.30. The van der Waals surface area contributed by atoms with Gasteiger partial charge in [-0.3, -0.25) is 4.79 Å². The lowest BCUT2D eigenvalue weighted by Crippen LogP contribution is -2.35. The third kappa shape index (κ3) is 4.10. The van der Waals surface area contributed by atoms with Crippen LogP contribution in [0.2, 0.25) is 0 Å². The van der Waals surface area contributed by atoms with Crippen LogP contribution >= 0.6 is 11.3 Å². The molecule has 0 bridgehead atoms. The Morgan fingerprint density at radius 3 is 2.89 bits per heavy atom. The molecule has 1 heterocycles. The Kier molecular flexibility index (Phi) is 4.58. The van der Waals surface area contributed by atoms with Crippen molar-refractivity contribution in [3.8, 4) is 5.75 Å². The van der Waals surface area contributed by atoms with E-state index in [1.54, 1.807) is 18.3 Å². The highest BCUT2D eigenvalue weighted by atomic mass is 32.1. The van der Waals surface area contributed by atoms with Crippen LogP contribution in [0.25, 0.3) is 0 Å². The van der Waals surface area contributed by atoms with E-state index in [2.05, 4.69) is 5.32 Å². The average Bonchev–Trinajstić information content (AvgIpc) is 2.89. The summed E-state index contributed by atoms with van der Waals surface area (Å²) in [7, 11) is 0. The molecule has 0 saturated heterocycles. The molecule has 1 aromatic heterocycles. The zero-order chi connectivity index (χ0) is 13.7. The maximum atomic E-state index is 11.9. The molecule has 2 aromatic rings. The number of rotatable bonds is 5. The van der Waals surface area contributed by atoms with Gasteiger partial charge in [-0.05, 0) is 43.0 Å². The van der Waals surface area contributed by atoms with E-state index in [0.717, 1.165) is 16.2 Å². The largest absolute Gasteiger partial charge is 0.481 e. The van der Waals surface area contributed by atoms with Crippen molar-refractivity contribution < 1.29 is 9.53 Å². The van der Waals surface area contributed by atoms with Gasteiger partial charge < -0.3 is 10.1 Å². The molecule has 0 aliphatic carbocycles. The molecule has 0 radical (unpaired) electrons. The van der Waals surface area contributed by atoms with Gasteiger partial charge in [-0.15, -0.1) is 11.3 Å². The zero-order valence-corrected chi connectivity index (χ0v) is 11.9. The fourth-order valence-electron chi connectivity index (χ4n) is 1.68. The number of carbonyl (C=O) groups is 1. The standard InChI is InChI=1S/C15H17NO2S/c1-11-5-3-6-13(9-11)18-12(2)15(17)16-10-14-7-4-8-19-14/h3-9,12H,10H2,1-2H3,(H,16,17). The summed E-state index contributed by atoms with van der Waals surface area (Å²) in [5.41, 5.74) is 1.11. The average molecular weight is 275 g/mol. The Hall–Kier alpha value is -1.81. The number of hydrogen-bond acceptors (Lipinski definition) is 3. The van der Waals surface area contributed by atoms with Crippen LogP contribution in [0.4, 0.5) is 0 Å². The van der Waals surface area contributed by atoms with Gasteiger partial charge in [0, 0.05) is 4.88 Å². The molecule has 1 N–H and O–H groups in total. The Labute approximate surface area is 117 Å². The van der Waals surface area contributed by atoms with Gasteiger partial charge in [0.15, 0.2) is 6.10 Å². The van der Waals surface area contributed by atoms with E-state index < -0.39 is 6.10 Å². The molecular formula is C15H17NO2S. The molecule has 3 nitrogen and oxygen atoms in total. The molecule has 1 amide bonds. The second-order valence-electron chi connectivity index (χ2n) is 4.37. The minimum atomic E-state index is -0.498. The van der Waals surface area contributed by atoms with Crippen molar-refractivity contribution in [2.45, 2.75) is 26.5 Å². The monoisotopic (exact) mass is 275 g/mol. The van der Waals surface area contributed by atoms with Gasteiger partial charge in [-0.1, -0.05) is 18.2 Å². The Bertz CT molecular complexity index is 537. The fourth-order valence-corrected chi connectivity index (χ4v) is 2.32. The van der Waals surface area contributed by atoms with Crippen molar-refractivity contribution in [2.75, 3.05) is 0 Å². The summed E-state index contributed by atoms with van der Waals surface area (Å²) in [5.74, 6) is 0.619. The minimum absolute atomic E-state index is 0.102. The fraction of sp³-hybridized carbons (Fsp3) is 0.267. The van der Waals surface area contributed by atoms with E-state index in [0.29, 0.717) is 6.54 Å². The van der Waals surface area contributed by atoms with Crippen LogP contribution in [0, 0.1) is 6.92 Å². The van der Waals surface area contributed by atoms with Crippen LogP contribution in [0.15, 0.2) is 41.8 Å². The molecule has 1 unspecified atom stereocenters. The van der Waals surface area contributed by atoms with Crippen LogP contribution in [-0.4, -0.2) is 12.0 Å². The maximum Gasteiger partial charge on any atom is 0.261 e. The van der Waals surface area contributed by atoms with Crippen LogP contribution in [0.1, 0.15) is 17.4 Å². The second-order valence-corrected chi connectivity index (χ2v) is 5.41. The molecule has 0 spiro atoms. The van der Waals surface area contributed by atoms with E-state index >= 15 is 0 Å². The highest BCUT2D eigenvalue weighted by Crippen LogP contribution is 2.14. The molecule has 4 heteroatoms. The van der Waals surface area contributed by atoms with Gasteiger partial charge in [0.1, 0.15) is 5.75 Å². The molecule has 1 atom stereocenters. The number of aryl methyl sites for hydroxylation is 1. The van der Waals surface area contributed by atoms with Crippen molar-refractivity contribution in [2.24, 2.45) is 0 Å². The number of benzene rings is 1. The highest BCUT2D eigenvalue weighted by Gasteiger charge is 2.14. The predicted octanol–water partition coefficient (Wildman–Crippen LogP) is 3.14. The molecule has 0 fully saturated rings. The van der Waals surface area contributed by atoms with Crippen molar-refractivity contribution in [3.05, 3.63) is 52.2 Å². The summed E-state index contributed by atoms with van der Waals surface area (Å²) < 4.78 is 5.62. The summed E-state index contributed by atoms with van der Waals surface area (Å²) >= 11 is 1.63. The number of hydrogen-bond donors (Lipinski definition) is 1. The van der Waals surface area contributed by atoms with E-state index in [-0.39, 0.29) is 5.91 Å². The molecule has 19 heavy (non-hydrogen) atoms.